The number of benzene rings is 1. The van der Waals surface area contributed by atoms with Crippen LogP contribution in [0.2, 0.25) is 0 Å². The van der Waals surface area contributed by atoms with Gasteiger partial charge in [0.1, 0.15) is 6.61 Å². The van der Waals surface area contributed by atoms with E-state index in [4.69, 9.17) is 4.74 Å². The fraction of sp³-hybridized carbons (Fsp3) is 0.364. The first-order valence-electron chi connectivity index (χ1n) is 4.49. The van der Waals surface area contributed by atoms with Gasteiger partial charge in [-0.3, -0.25) is 4.79 Å². The molecule has 0 aliphatic carbocycles. The van der Waals surface area contributed by atoms with Crippen LogP contribution in [0.5, 0.6) is 0 Å². The van der Waals surface area contributed by atoms with E-state index in [2.05, 4.69) is 0 Å². The summed E-state index contributed by atoms with van der Waals surface area (Å²) in [5, 5.41) is 0. The van der Waals surface area contributed by atoms with Gasteiger partial charge in [-0.1, -0.05) is 12.1 Å². The van der Waals surface area contributed by atoms with Crippen molar-refractivity contribution in [2.75, 3.05) is 19.0 Å². The largest absolute Gasteiger partial charge is 0.461 e. The zero-order chi connectivity index (χ0) is 10.6. The van der Waals surface area contributed by atoms with Gasteiger partial charge in [0, 0.05) is 26.7 Å². The summed E-state index contributed by atoms with van der Waals surface area (Å²) in [6.45, 7) is 1.76. The number of anilines is 1. The highest BCUT2D eigenvalue weighted by molar-refractivity contribution is 5.66. The topological polar surface area (TPSA) is 29.5 Å². The van der Waals surface area contributed by atoms with Gasteiger partial charge in [0.15, 0.2) is 0 Å². The Kier molecular flexibility index (Phi) is 3.51. The second-order valence-corrected chi connectivity index (χ2v) is 3.34. The maximum atomic E-state index is 10.6. The van der Waals surface area contributed by atoms with E-state index >= 15 is 0 Å². The van der Waals surface area contributed by atoms with Gasteiger partial charge < -0.3 is 9.64 Å². The van der Waals surface area contributed by atoms with Crippen LogP contribution in [-0.2, 0) is 16.1 Å². The predicted molar refractivity (Wildman–Crippen MR) is 56.2 cm³/mol. The van der Waals surface area contributed by atoms with Gasteiger partial charge in [0.25, 0.3) is 0 Å². The minimum atomic E-state index is -0.250. The second-order valence-electron chi connectivity index (χ2n) is 3.34. The van der Waals surface area contributed by atoms with Crippen molar-refractivity contribution in [2.45, 2.75) is 13.5 Å². The molecule has 3 heteroatoms. The fourth-order valence-corrected chi connectivity index (χ4v) is 1.11. The highest BCUT2D eigenvalue weighted by atomic mass is 16.5. The van der Waals surface area contributed by atoms with Crippen LogP contribution >= 0.6 is 0 Å². The lowest BCUT2D eigenvalue weighted by atomic mass is 10.2. The highest BCUT2D eigenvalue weighted by Gasteiger charge is 1.99. The first-order valence-corrected chi connectivity index (χ1v) is 4.49. The van der Waals surface area contributed by atoms with Crippen LogP contribution in [0.3, 0.4) is 0 Å². The van der Waals surface area contributed by atoms with E-state index in [0.29, 0.717) is 6.61 Å². The van der Waals surface area contributed by atoms with Crippen molar-refractivity contribution in [1.29, 1.82) is 0 Å². The summed E-state index contributed by atoms with van der Waals surface area (Å²) in [6.07, 6.45) is 0. The second kappa shape index (κ2) is 4.65. The number of rotatable bonds is 3. The van der Waals surface area contributed by atoms with Gasteiger partial charge in [0.05, 0.1) is 0 Å². The van der Waals surface area contributed by atoms with Crippen molar-refractivity contribution in [2.24, 2.45) is 0 Å². The van der Waals surface area contributed by atoms with Crippen molar-refractivity contribution in [1.82, 2.24) is 0 Å². The molecule has 0 radical (unpaired) electrons. The maximum absolute atomic E-state index is 10.6. The molecule has 1 rings (SSSR count). The van der Waals surface area contributed by atoms with Crippen molar-refractivity contribution in [3.63, 3.8) is 0 Å². The van der Waals surface area contributed by atoms with Crippen LogP contribution in [-0.4, -0.2) is 20.1 Å². The van der Waals surface area contributed by atoms with E-state index in [1.807, 2.05) is 43.3 Å². The molecule has 14 heavy (non-hydrogen) atoms. The van der Waals surface area contributed by atoms with Gasteiger partial charge in [-0.05, 0) is 17.7 Å². The molecule has 0 bridgehead atoms. The van der Waals surface area contributed by atoms with Crippen molar-refractivity contribution >= 4 is 11.7 Å². The number of carbonyl (C=O) groups excluding carboxylic acids is 1. The predicted octanol–water partition coefficient (Wildman–Crippen LogP) is 1.82. The van der Waals surface area contributed by atoms with Gasteiger partial charge in [-0.15, -0.1) is 0 Å². The number of hydrogen-bond acceptors (Lipinski definition) is 3. The molecule has 76 valence electrons. The molecule has 0 unspecified atom stereocenters. The summed E-state index contributed by atoms with van der Waals surface area (Å²) < 4.78 is 4.91. The Morgan fingerprint density at radius 1 is 1.43 bits per heavy atom. The Hall–Kier alpha value is -1.51. The maximum Gasteiger partial charge on any atom is 0.302 e. The molecule has 0 atom stereocenters. The van der Waals surface area contributed by atoms with E-state index in [1.165, 1.54) is 6.92 Å². The average Bonchev–Trinajstić information content (AvgIpc) is 2.15. The van der Waals surface area contributed by atoms with Gasteiger partial charge in [-0.25, -0.2) is 0 Å². The Morgan fingerprint density at radius 3 is 2.71 bits per heavy atom. The van der Waals surface area contributed by atoms with E-state index in [0.717, 1.165) is 11.3 Å². The zero-order valence-electron chi connectivity index (χ0n) is 8.78. The summed E-state index contributed by atoms with van der Waals surface area (Å²) in [5.74, 6) is -0.250. The van der Waals surface area contributed by atoms with Crippen LogP contribution in [0.25, 0.3) is 0 Å². The molecule has 0 aliphatic rings. The van der Waals surface area contributed by atoms with E-state index in [1.54, 1.807) is 0 Å². The minimum Gasteiger partial charge on any atom is -0.461 e. The summed E-state index contributed by atoms with van der Waals surface area (Å²) in [4.78, 5) is 12.6. The molecule has 1 aromatic carbocycles. The molecule has 0 amide bonds. The first kappa shape index (κ1) is 10.6. The molecule has 0 spiro atoms. The van der Waals surface area contributed by atoms with E-state index < -0.39 is 0 Å². The normalized spacial score (nSPS) is 9.64. The molecule has 1 aromatic rings. The van der Waals surface area contributed by atoms with Crippen LogP contribution in [0.1, 0.15) is 12.5 Å². The third kappa shape index (κ3) is 3.09. The van der Waals surface area contributed by atoms with Crippen molar-refractivity contribution in [3.8, 4) is 0 Å². The van der Waals surface area contributed by atoms with E-state index in [9.17, 15) is 4.79 Å². The number of carbonyl (C=O) groups is 1. The minimum absolute atomic E-state index is 0.250. The third-order valence-corrected chi connectivity index (χ3v) is 1.87. The molecule has 0 saturated heterocycles. The summed E-state index contributed by atoms with van der Waals surface area (Å²) in [5.41, 5.74) is 2.11. The molecule has 0 aliphatic heterocycles. The molecular formula is C11H15NO2. The number of nitrogens with zero attached hydrogens (tertiary/aromatic N) is 1. The zero-order valence-corrected chi connectivity index (χ0v) is 8.78. The lowest BCUT2D eigenvalue weighted by Gasteiger charge is -2.13. The third-order valence-electron chi connectivity index (χ3n) is 1.87. The van der Waals surface area contributed by atoms with Gasteiger partial charge in [0.2, 0.25) is 0 Å². The summed E-state index contributed by atoms with van der Waals surface area (Å²) in [7, 11) is 3.95. The van der Waals surface area contributed by atoms with Gasteiger partial charge in [-0.2, -0.15) is 0 Å². The first-order chi connectivity index (χ1) is 6.59. The Morgan fingerprint density at radius 2 is 2.14 bits per heavy atom. The molecule has 0 fully saturated rings. The number of esters is 1. The molecular weight excluding hydrogens is 178 g/mol. The Balaban J connectivity index is 2.68. The van der Waals surface area contributed by atoms with Crippen LogP contribution < -0.4 is 4.90 Å². The molecule has 0 saturated carbocycles. The lowest BCUT2D eigenvalue weighted by Crippen LogP contribution is -2.09. The number of hydrogen-bond donors (Lipinski definition) is 0. The highest BCUT2D eigenvalue weighted by Crippen LogP contribution is 2.13. The Bertz CT molecular complexity index is 321. The average molecular weight is 193 g/mol. The smallest absolute Gasteiger partial charge is 0.302 e. The van der Waals surface area contributed by atoms with Crippen LogP contribution in [0, 0.1) is 0 Å². The molecule has 0 N–H and O–H groups in total. The van der Waals surface area contributed by atoms with Gasteiger partial charge >= 0.3 is 5.97 Å². The molecule has 3 nitrogen and oxygen atoms in total. The fourth-order valence-electron chi connectivity index (χ4n) is 1.11. The molecule has 0 heterocycles. The van der Waals surface area contributed by atoms with Crippen molar-refractivity contribution in [3.05, 3.63) is 29.8 Å². The van der Waals surface area contributed by atoms with E-state index in [-0.39, 0.29) is 5.97 Å². The summed E-state index contributed by atoms with van der Waals surface area (Å²) in [6, 6.07) is 7.91. The van der Waals surface area contributed by atoms with Crippen molar-refractivity contribution < 1.29 is 9.53 Å². The Labute approximate surface area is 84.3 Å². The van der Waals surface area contributed by atoms with Crippen LogP contribution in [0.4, 0.5) is 5.69 Å². The number of ether oxygens (including phenoxy) is 1. The standard InChI is InChI=1S/C11H15NO2/c1-9(13)14-8-10-5-4-6-11(7-10)12(2)3/h4-7H,8H2,1-3H3. The quantitative estimate of drug-likeness (QED) is 0.686. The SMILES string of the molecule is CC(=O)OCc1cccc(N(C)C)c1. The summed E-state index contributed by atoms with van der Waals surface area (Å²) >= 11 is 0. The van der Waals surface area contributed by atoms with Crippen LogP contribution in [0.15, 0.2) is 24.3 Å². The molecule has 0 aromatic heterocycles. The monoisotopic (exact) mass is 193 g/mol. The lowest BCUT2D eigenvalue weighted by molar-refractivity contribution is -0.142.